The molecular formula is C30H46O6. The number of carbonyl (C=O) groups is 2. The highest BCUT2D eigenvalue weighted by molar-refractivity contribution is 5.88. The van der Waals surface area contributed by atoms with Crippen LogP contribution < -0.4 is 0 Å². The van der Waals surface area contributed by atoms with Crippen LogP contribution in [0.2, 0.25) is 0 Å². The summed E-state index contributed by atoms with van der Waals surface area (Å²) in [5, 5.41) is 33.8. The van der Waals surface area contributed by atoms with E-state index in [0.717, 1.165) is 19.3 Å². The zero-order valence-corrected chi connectivity index (χ0v) is 23.4. The zero-order chi connectivity index (χ0) is 26.9. The number of esters is 1. The predicted molar refractivity (Wildman–Crippen MR) is 136 cm³/mol. The molecule has 0 amide bonds. The van der Waals surface area contributed by atoms with Gasteiger partial charge in [-0.3, -0.25) is 9.59 Å². The number of Topliss-reactive ketones (excluding diaryl/α,β-unsaturated/α-hetero) is 1. The molecule has 1 heterocycles. The van der Waals surface area contributed by atoms with Crippen LogP contribution in [0.25, 0.3) is 0 Å². The molecule has 0 aromatic carbocycles. The Bertz CT molecular complexity index is 1030. The zero-order valence-electron chi connectivity index (χ0n) is 23.4. The molecular weight excluding hydrogens is 456 g/mol. The van der Waals surface area contributed by atoms with Gasteiger partial charge in [-0.15, -0.1) is 0 Å². The van der Waals surface area contributed by atoms with E-state index in [1.165, 1.54) is 5.57 Å². The Hall–Kier alpha value is -1.24. The minimum Gasteiger partial charge on any atom is -0.459 e. The van der Waals surface area contributed by atoms with Crippen LogP contribution in [-0.2, 0) is 14.3 Å². The van der Waals surface area contributed by atoms with Crippen LogP contribution in [0.4, 0.5) is 0 Å². The molecule has 4 fully saturated rings. The lowest BCUT2D eigenvalue weighted by Crippen LogP contribution is -2.69. The molecule has 36 heavy (non-hydrogen) atoms. The molecule has 5 aliphatic rings. The standard InChI is InChI=1S/C30H46O6/c1-25(2)15-17-16-9-10-18-29(7)19(26(3,4)36-22(33)14-20(29)31)13-21(32)30(18,8)28(16,6)12-11-27(17,5)24(35)23(25)34/h9,17-20,23-24,31,34-35H,10-15H2,1-8H3. The lowest BCUT2D eigenvalue weighted by Gasteiger charge is -2.69. The normalized spacial score (nSPS) is 53.6. The van der Waals surface area contributed by atoms with Crippen molar-refractivity contribution in [2.45, 2.75) is 118 Å². The topological polar surface area (TPSA) is 104 Å². The fourth-order valence-corrected chi connectivity index (χ4v) is 9.98. The maximum atomic E-state index is 14.3. The van der Waals surface area contributed by atoms with Gasteiger partial charge in [-0.2, -0.15) is 0 Å². The van der Waals surface area contributed by atoms with Gasteiger partial charge in [-0.1, -0.05) is 53.2 Å². The smallest absolute Gasteiger partial charge is 0.308 e. The van der Waals surface area contributed by atoms with E-state index < -0.39 is 57.0 Å². The number of carbonyl (C=O) groups excluding carboxylic acids is 2. The molecule has 0 bridgehead atoms. The first-order chi connectivity index (χ1) is 16.4. The molecule has 3 N–H and O–H groups in total. The van der Waals surface area contributed by atoms with Crippen LogP contribution in [0, 0.1) is 44.8 Å². The summed E-state index contributed by atoms with van der Waals surface area (Å²) in [7, 11) is 0. The molecule has 10 unspecified atom stereocenters. The third-order valence-corrected chi connectivity index (χ3v) is 12.7. The molecule has 3 saturated carbocycles. The maximum absolute atomic E-state index is 14.3. The second-order valence-electron chi connectivity index (χ2n) is 15.0. The number of fused-ring (bicyclic) bond motifs is 7. The molecule has 6 nitrogen and oxygen atoms in total. The average Bonchev–Trinajstić information content (AvgIpc) is 2.82. The van der Waals surface area contributed by atoms with E-state index in [4.69, 9.17) is 4.74 Å². The van der Waals surface area contributed by atoms with E-state index in [0.29, 0.717) is 6.42 Å². The lowest BCUT2D eigenvalue weighted by molar-refractivity contribution is -0.215. The number of hydrogen-bond donors (Lipinski definition) is 3. The number of hydrogen-bond acceptors (Lipinski definition) is 6. The van der Waals surface area contributed by atoms with E-state index in [1.807, 2.05) is 27.7 Å². The third-order valence-electron chi connectivity index (χ3n) is 12.7. The molecule has 0 radical (unpaired) electrons. The van der Waals surface area contributed by atoms with Gasteiger partial charge in [0, 0.05) is 34.0 Å². The second-order valence-corrected chi connectivity index (χ2v) is 15.0. The van der Waals surface area contributed by atoms with Crippen molar-refractivity contribution in [2.24, 2.45) is 44.8 Å². The summed E-state index contributed by atoms with van der Waals surface area (Å²) >= 11 is 0. The van der Waals surface area contributed by atoms with Crippen LogP contribution in [0.5, 0.6) is 0 Å². The Balaban J connectivity index is 1.67. The van der Waals surface area contributed by atoms with Gasteiger partial charge in [0.1, 0.15) is 11.4 Å². The molecule has 0 spiro atoms. The molecule has 0 aromatic rings. The first-order valence-electron chi connectivity index (χ1n) is 13.9. The van der Waals surface area contributed by atoms with Gasteiger partial charge in [0.15, 0.2) is 0 Å². The van der Waals surface area contributed by atoms with E-state index >= 15 is 0 Å². The molecule has 4 aliphatic carbocycles. The van der Waals surface area contributed by atoms with Crippen molar-refractivity contribution in [2.75, 3.05) is 0 Å². The largest absolute Gasteiger partial charge is 0.459 e. The number of cyclic esters (lactones) is 1. The Labute approximate surface area is 215 Å². The Morgan fingerprint density at radius 2 is 1.50 bits per heavy atom. The summed E-state index contributed by atoms with van der Waals surface area (Å²) in [6.45, 7) is 16.4. The fourth-order valence-electron chi connectivity index (χ4n) is 9.98. The number of aliphatic hydroxyl groups is 3. The van der Waals surface area contributed by atoms with Gasteiger partial charge in [-0.05, 0) is 56.8 Å². The van der Waals surface area contributed by atoms with Crippen molar-refractivity contribution >= 4 is 11.8 Å². The molecule has 1 saturated heterocycles. The van der Waals surface area contributed by atoms with Crippen LogP contribution in [0.1, 0.15) is 93.9 Å². The first-order valence-corrected chi connectivity index (χ1v) is 13.9. The van der Waals surface area contributed by atoms with Crippen LogP contribution in [0.15, 0.2) is 11.6 Å². The van der Waals surface area contributed by atoms with Gasteiger partial charge >= 0.3 is 5.97 Å². The van der Waals surface area contributed by atoms with E-state index in [9.17, 15) is 24.9 Å². The number of ether oxygens (including phenoxy) is 1. The quantitative estimate of drug-likeness (QED) is 0.339. The highest BCUT2D eigenvalue weighted by Gasteiger charge is 2.73. The van der Waals surface area contributed by atoms with E-state index in [-0.39, 0.29) is 36.4 Å². The fraction of sp³-hybridized carbons (Fsp3) is 0.867. The van der Waals surface area contributed by atoms with Crippen LogP contribution in [-0.4, -0.2) is 51.0 Å². The Morgan fingerprint density at radius 3 is 2.14 bits per heavy atom. The predicted octanol–water partition coefficient (Wildman–Crippen LogP) is 4.20. The minimum atomic E-state index is -0.882. The summed E-state index contributed by atoms with van der Waals surface area (Å²) in [6.07, 6.45) is 2.92. The van der Waals surface area contributed by atoms with E-state index in [1.54, 1.807) is 0 Å². The van der Waals surface area contributed by atoms with Crippen molar-refractivity contribution < 1.29 is 29.6 Å². The molecule has 202 valence electrons. The Morgan fingerprint density at radius 1 is 0.861 bits per heavy atom. The van der Waals surface area contributed by atoms with Gasteiger partial charge in [0.25, 0.3) is 0 Å². The van der Waals surface area contributed by atoms with Crippen molar-refractivity contribution in [3.05, 3.63) is 11.6 Å². The summed E-state index contributed by atoms with van der Waals surface area (Å²) in [5.74, 6) is -0.539. The van der Waals surface area contributed by atoms with Gasteiger partial charge < -0.3 is 20.1 Å². The molecule has 0 aromatic heterocycles. The highest BCUT2D eigenvalue weighted by Crippen LogP contribution is 2.73. The SMILES string of the molecule is CC1(C)CC2C3=CCC4C5(C)C(O)CC(=O)OC(C)(C)C5CC(=O)C4(C)C3(C)CCC2(C)C(O)C1O. The lowest BCUT2D eigenvalue weighted by atomic mass is 9.34. The van der Waals surface area contributed by atoms with Crippen molar-refractivity contribution in [1.29, 1.82) is 0 Å². The summed E-state index contributed by atoms with van der Waals surface area (Å²) in [4.78, 5) is 26.9. The second kappa shape index (κ2) is 7.45. The summed E-state index contributed by atoms with van der Waals surface area (Å²) in [5.41, 5.74) is -2.27. The highest BCUT2D eigenvalue weighted by atomic mass is 16.6. The van der Waals surface area contributed by atoms with Crippen LogP contribution in [0.3, 0.4) is 0 Å². The maximum Gasteiger partial charge on any atom is 0.308 e. The third kappa shape index (κ3) is 2.95. The summed E-state index contributed by atoms with van der Waals surface area (Å²) < 4.78 is 5.81. The molecule has 5 rings (SSSR count). The van der Waals surface area contributed by atoms with Crippen molar-refractivity contribution in [1.82, 2.24) is 0 Å². The van der Waals surface area contributed by atoms with Crippen molar-refractivity contribution in [3.8, 4) is 0 Å². The average molecular weight is 503 g/mol. The molecule has 1 aliphatic heterocycles. The van der Waals surface area contributed by atoms with Gasteiger partial charge in [0.2, 0.25) is 0 Å². The Kier molecular flexibility index (Phi) is 5.45. The number of ketones is 1. The van der Waals surface area contributed by atoms with Gasteiger partial charge in [0.05, 0.1) is 24.7 Å². The number of aliphatic hydroxyl groups excluding tert-OH is 3. The van der Waals surface area contributed by atoms with Crippen molar-refractivity contribution in [3.63, 3.8) is 0 Å². The molecule has 6 heteroatoms. The monoisotopic (exact) mass is 502 g/mol. The molecule has 10 atom stereocenters. The first kappa shape index (κ1) is 26.4. The number of allylic oxidation sites excluding steroid dienone is 2. The number of rotatable bonds is 0. The minimum absolute atomic E-state index is 0.0521. The summed E-state index contributed by atoms with van der Waals surface area (Å²) in [6, 6.07) is 0. The van der Waals surface area contributed by atoms with Crippen LogP contribution >= 0.6 is 0 Å². The van der Waals surface area contributed by atoms with Gasteiger partial charge in [-0.25, -0.2) is 0 Å². The van der Waals surface area contributed by atoms with E-state index in [2.05, 4.69) is 33.8 Å².